The number of aliphatic carboxylic acids is 1. The summed E-state index contributed by atoms with van der Waals surface area (Å²) >= 11 is 0. The molecule has 0 bridgehead atoms. The molecule has 1 N–H and O–H groups in total. The Bertz CT molecular complexity index is 295. The molecule has 0 fully saturated rings. The van der Waals surface area contributed by atoms with Gasteiger partial charge >= 0.3 is 5.97 Å². The molecule has 0 aliphatic carbocycles. The van der Waals surface area contributed by atoms with Crippen LogP contribution < -0.4 is 0 Å². The SMILES string of the molecule is CCCO[C@H](Cc1ccccc1)C(=O)O. The van der Waals surface area contributed by atoms with E-state index in [1.165, 1.54) is 0 Å². The fourth-order valence-electron chi connectivity index (χ4n) is 1.31. The third-order valence-corrected chi connectivity index (χ3v) is 2.06. The van der Waals surface area contributed by atoms with Gasteiger partial charge in [0.15, 0.2) is 6.10 Å². The highest BCUT2D eigenvalue weighted by atomic mass is 16.5. The lowest BCUT2D eigenvalue weighted by molar-refractivity contribution is -0.150. The van der Waals surface area contributed by atoms with Crippen molar-refractivity contribution in [1.82, 2.24) is 0 Å². The highest BCUT2D eigenvalue weighted by Crippen LogP contribution is 2.06. The maximum atomic E-state index is 10.9. The first kappa shape index (κ1) is 11.7. The quantitative estimate of drug-likeness (QED) is 0.778. The van der Waals surface area contributed by atoms with Crippen LogP contribution in [0, 0.1) is 0 Å². The first-order chi connectivity index (χ1) is 7.24. The maximum Gasteiger partial charge on any atom is 0.333 e. The van der Waals surface area contributed by atoms with E-state index < -0.39 is 12.1 Å². The molecule has 0 aromatic heterocycles. The van der Waals surface area contributed by atoms with Crippen LogP contribution >= 0.6 is 0 Å². The van der Waals surface area contributed by atoms with Gasteiger partial charge in [0.2, 0.25) is 0 Å². The average Bonchev–Trinajstić information content (AvgIpc) is 2.25. The van der Waals surface area contributed by atoms with E-state index in [0.717, 1.165) is 12.0 Å². The summed E-state index contributed by atoms with van der Waals surface area (Å²) in [6.07, 6.45) is 0.529. The van der Waals surface area contributed by atoms with E-state index in [9.17, 15) is 4.79 Å². The van der Waals surface area contributed by atoms with Crippen molar-refractivity contribution in [2.24, 2.45) is 0 Å². The summed E-state index contributed by atoms with van der Waals surface area (Å²) in [5, 5.41) is 8.94. The molecular weight excluding hydrogens is 192 g/mol. The number of carboxylic acids is 1. The molecule has 15 heavy (non-hydrogen) atoms. The Morgan fingerprint density at radius 1 is 1.40 bits per heavy atom. The molecule has 0 heterocycles. The molecule has 0 aliphatic heterocycles. The Balaban J connectivity index is 2.55. The number of ether oxygens (including phenoxy) is 1. The monoisotopic (exact) mass is 208 g/mol. The van der Waals surface area contributed by atoms with Crippen molar-refractivity contribution in [2.75, 3.05) is 6.61 Å². The van der Waals surface area contributed by atoms with Gasteiger partial charge < -0.3 is 9.84 Å². The number of carbonyl (C=O) groups is 1. The van der Waals surface area contributed by atoms with E-state index in [0.29, 0.717) is 13.0 Å². The third-order valence-electron chi connectivity index (χ3n) is 2.06. The highest BCUT2D eigenvalue weighted by Gasteiger charge is 2.17. The van der Waals surface area contributed by atoms with Crippen molar-refractivity contribution < 1.29 is 14.6 Å². The lowest BCUT2D eigenvalue weighted by Crippen LogP contribution is -2.26. The minimum atomic E-state index is -0.896. The van der Waals surface area contributed by atoms with Crippen LogP contribution in [-0.4, -0.2) is 23.8 Å². The van der Waals surface area contributed by atoms with Gasteiger partial charge in [-0.15, -0.1) is 0 Å². The van der Waals surface area contributed by atoms with Crippen LogP contribution in [0.2, 0.25) is 0 Å². The molecule has 0 radical (unpaired) electrons. The number of rotatable bonds is 6. The Labute approximate surface area is 89.7 Å². The maximum absolute atomic E-state index is 10.9. The van der Waals surface area contributed by atoms with Crippen molar-refractivity contribution >= 4 is 5.97 Å². The molecule has 1 rings (SSSR count). The summed E-state index contributed by atoms with van der Waals surface area (Å²) < 4.78 is 5.26. The molecule has 0 unspecified atom stereocenters. The van der Waals surface area contributed by atoms with E-state index in [4.69, 9.17) is 9.84 Å². The van der Waals surface area contributed by atoms with Crippen LogP contribution in [0.5, 0.6) is 0 Å². The molecule has 3 heteroatoms. The molecule has 0 amide bonds. The standard InChI is InChI=1S/C12H16O3/c1-2-8-15-11(12(13)14)9-10-6-4-3-5-7-10/h3-7,11H,2,8-9H2,1H3,(H,13,14)/t11-/m1/s1. The fourth-order valence-corrected chi connectivity index (χ4v) is 1.31. The van der Waals surface area contributed by atoms with Gasteiger partial charge in [0.05, 0.1) is 0 Å². The first-order valence-electron chi connectivity index (χ1n) is 5.12. The van der Waals surface area contributed by atoms with Crippen LogP contribution in [0.4, 0.5) is 0 Å². The summed E-state index contributed by atoms with van der Waals surface area (Å²) in [6, 6.07) is 9.52. The van der Waals surface area contributed by atoms with Crippen molar-refractivity contribution in [2.45, 2.75) is 25.9 Å². The van der Waals surface area contributed by atoms with Crippen LogP contribution in [0.25, 0.3) is 0 Å². The van der Waals surface area contributed by atoms with Crippen molar-refractivity contribution in [1.29, 1.82) is 0 Å². The predicted octanol–water partition coefficient (Wildman–Crippen LogP) is 2.11. The topological polar surface area (TPSA) is 46.5 Å². The lowest BCUT2D eigenvalue weighted by atomic mass is 10.1. The van der Waals surface area contributed by atoms with E-state index in [1.54, 1.807) is 0 Å². The number of hydrogen-bond acceptors (Lipinski definition) is 2. The zero-order chi connectivity index (χ0) is 11.1. The van der Waals surface area contributed by atoms with E-state index in [-0.39, 0.29) is 0 Å². The molecule has 1 atom stereocenters. The molecule has 1 aromatic carbocycles. The van der Waals surface area contributed by atoms with Gasteiger partial charge in [-0.25, -0.2) is 4.79 Å². The predicted molar refractivity (Wildman–Crippen MR) is 57.8 cm³/mol. The van der Waals surface area contributed by atoms with Crippen molar-refractivity contribution in [3.63, 3.8) is 0 Å². The van der Waals surface area contributed by atoms with Crippen LogP contribution in [0.1, 0.15) is 18.9 Å². The van der Waals surface area contributed by atoms with E-state index >= 15 is 0 Å². The van der Waals surface area contributed by atoms with Gasteiger partial charge in [-0.05, 0) is 12.0 Å². The number of benzene rings is 1. The Hall–Kier alpha value is -1.35. The molecule has 0 saturated heterocycles. The molecule has 0 saturated carbocycles. The highest BCUT2D eigenvalue weighted by molar-refractivity contribution is 5.72. The van der Waals surface area contributed by atoms with Crippen molar-refractivity contribution in [3.8, 4) is 0 Å². The van der Waals surface area contributed by atoms with Gasteiger partial charge in [-0.3, -0.25) is 0 Å². The van der Waals surface area contributed by atoms with Gasteiger partial charge in [0.25, 0.3) is 0 Å². The molecule has 0 spiro atoms. The molecule has 0 aliphatic rings. The second kappa shape index (κ2) is 6.19. The van der Waals surface area contributed by atoms with Crippen LogP contribution in [0.15, 0.2) is 30.3 Å². The Morgan fingerprint density at radius 3 is 2.60 bits per heavy atom. The smallest absolute Gasteiger partial charge is 0.333 e. The zero-order valence-corrected chi connectivity index (χ0v) is 8.85. The third kappa shape index (κ3) is 4.13. The largest absolute Gasteiger partial charge is 0.479 e. The van der Waals surface area contributed by atoms with E-state index in [1.807, 2.05) is 37.3 Å². The lowest BCUT2D eigenvalue weighted by Gasteiger charge is -2.12. The van der Waals surface area contributed by atoms with Gasteiger partial charge in [0, 0.05) is 13.0 Å². The van der Waals surface area contributed by atoms with Gasteiger partial charge in [-0.2, -0.15) is 0 Å². The summed E-state index contributed by atoms with van der Waals surface area (Å²) in [4.78, 5) is 10.9. The summed E-state index contributed by atoms with van der Waals surface area (Å²) in [6.45, 7) is 2.45. The Morgan fingerprint density at radius 2 is 2.07 bits per heavy atom. The summed E-state index contributed by atoms with van der Waals surface area (Å²) in [7, 11) is 0. The zero-order valence-electron chi connectivity index (χ0n) is 8.85. The Kier molecular flexibility index (Phi) is 4.84. The van der Waals surface area contributed by atoms with E-state index in [2.05, 4.69) is 0 Å². The number of carboxylic acid groups (broad SMARTS) is 1. The fraction of sp³-hybridized carbons (Fsp3) is 0.417. The first-order valence-corrected chi connectivity index (χ1v) is 5.12. The van der Waals surface area contributed by atoms with Gasteiger partial charge in [0.1, 0.15) is 0 Å². The van der Waals surface area contributed by atoms with Crippen LogP contribution in [-0.2, 0) is 16.0 Å². The molecule has 3 nitrogen and oxygen atoms in total. The normalized spacial score (nSPS) is 12.3. The summed E-state index contributed by atoms with van der Waals surface area (Å²) in [5.41, 5.74) is 0.987. The second-order valence-electron chi connectivity index (χ2n) is 3.39. The summed E-state index contributed by atoms with van der Waals surface area (Å²) in [5.74, 6) is -0.896. The minimum absolute atomic E-state index is 0.427. The molecule has 82 valence electrons. The number of hydrogen-bond donors (Lipinski definition) is 1. The molecule has 1 aromatic rings. The van der Waals surface area contributed by atoms with Gasteiger partial charge in [-0.1, -0.05) is 37.3 Å². The second-order valence-corrected chi connectivity index (χ2v) is 3.39. The molecular formula is C12H16O3. The van der Waals surface area contributed by atoms with Crippen LogP contribution in [0.3, 0.4) is 0 Å². The van der Waals surface area contributed by atoms with Crippen molar-refractivity contribution in [3.05, 3.63) is 35.9 Å². The average molecular weight is 208 g/mol. The minimum Gasteiger partial charge on any atom is -0.479 e.